The quantitative estimate of drug-likeness (QED) is 0.766. The number of rotatable bonds is 1. The average Bonchev–Trinajstić information content (AvgIpc) is 2.98. The molecule has 0 spiro atoms. The van der Waals surface area contributed by atoms with Crippen molar-refractivity contribution in [1.29, 1.82) is 0 Å². The van der Waals surface area contributed by atoms with Crippen LogP contribution in [0.15, 0.2) is 35.7 Å². The van der Waals surface area contributed by atoms with Gasteiger partial charge in [0.25, 0.3) is 5.91 Å². The second kappa shape index (κ2) is 5.18. The first-order chi connectivity index (χ1) is 9.97. The van der Waals surface area contributed by atoms with E-state index < -0.39 is 11.7 Å². The number of halogens is 3. The van der Waals surface area contributed by atoms with Gasteiger partial charge in [0.2, 0.25) is 0 Å². The highest BCUT2D eigenvalue weighted by Crippen LogP contribution is 2.35. The summed E-state index contributed by atoms with van der Waals surface area (Å²) in [6.45, 7) is 0.537. The molecule has 0 saturated carbocycles. The maximum absolute atomic E-state index is 12.8. The minimum absolute atomic E-state index is 0.147. The Morgan fingerprint density at radius 3 is 2.71 bits per heavy atom. The number of alkyl halides is 3. The van der Waals surface area contributed by atoms with Crippen LogP contribution in [0, 0.1) is 0 Å². The predicted molar refractivity (Wildman–Crippen MR) is 75.8 cm³/mol. The number of amides is 1. The first-order valence-electron chi connectivity index (χ1n) is 6.52. The highest BCUT2D eigenvalue weighted by atomic mass is 32.1. The maximum Gasteiger partial charge on any atom is 0.416 e. The van der Waals surface area contributed by atoms with E-state index in [1.807, 2.05) is 5.38 Å². The van der Waals surface area contributed by atoms with Crippen molar-refractivity contribution in [2.45, 2.75) is 19.0 Å². The molecule has 0 N–H and O–H groups in total. The number of benzene rings is 1. The Bertz CT molecular complexity index is 664. The Hall–Kier alpha value is -1.82. The minimum Gasteiger partial charge on any atom is -0.307 e. The van der Waals surface area contributed by atoms with Gasteiger partial charge in [0.15, 0.2) is 0 Å². The summed E-state index contributed by atoms with van der Waals surface area (Å²) < 4.78 is 38.3. The number of carbonyl (C=O) groups excluding carboxylic acids is 1. The number of thiophene rings is 1. The fourth-order valence-corrected chi connectivity index (χ4v) is 3.19. The third-order valence-electron chi connectivity index (χ3n) is 3.50. The smallest absolute Gasteiger partial charge is 0.307 e. The number of hydrogen-bond donors (Lipinski definition) is 0. The summed E-state index contributed by atoms with van der Waals surface area (Å²) in [5.74, 6) is -0.147. The zero-order chi connectivity index (χ0) is 15.0. The molecule has 110 valence electrons. The first-order valence-corrected chi connectivity index (χ1v) is 7.40. The molecule has 0 aliphatic carbocycles. The summed E-state index contributed by atoms with van der Waals surface area (Å²) in [5.41, 5.74) is 0.514. The maximum atomic E-state index is 12.8. The van der Waals surface area contributed by atoms with Crippen LogP contribution in [-0.4, -0.2) is 12.5 Å². The summed E-state index contributed by atoms with van der Waals surface area (Å²) >= 11 is 1.34. The summed E-state index contributed by atoms with van der Waals surface area (Å²) in [7, 11) is 0. The average molecular weight is 311 g/mol. The van der Waals surface area contributed by atoms with E-state index in [1.165, 1.54) is 17.4 Å². The summed E-state index contributed by atoms with van der Waals surface area (Å²) in [6.07, 6.45) is -3.12. The fourth-order valence-electron chi connectivity index (χ4n) is 2.52. The van der Waals surface area contributed by atoms with Gasteiger partial charge in [-0.05, 0) is 48.1 Å². The molecule has 21 heavy (non-hydrogen) atoms. The minimum atomic E-state index is -4.35. The van der Waals surface area contributed by atoms with Crippen molar-refractivity contribution < 1.29 is 18.0 Å². The second-order valence-corrected chi connectivity index (χ2v) is 5.83. The standard InChI is InChI=1S/C15H12F3NOS/c16-15(17,18)11-5-6-12-10(9-11)3-1-7-19(12)14(20)13-4-2-8-21-13/h2,4-6,8-9H,1,3,7H2. The normalized spacial score (nSPS) is 14.9. The third kappa shape index (κ3) is 2.68. The lowest BCUT2D eigenvalue weighted by molar-refractivity contribution is -0.137. The monoisotopic (exact) mass is 311 g/mol. The molecular formula is C15H12F3NOS. The van der Waals surface area contributed by atoms with Gasteiger partial charge < -0.3 is 4.90 Å². The molecule has 3 rings (SSSR count). The molecule has 0 fully saturated rings. The number of fused-ring (bicyclic) bond motifs is 1. The van der Waals surface area contributed by atoms with Crippen LogP contribution in [0.1, 0.15) is 27.2 Å². The van der Waals surface area contributed by atoms with Crippen molar-refractivity contribution in [3.05, 3.63) is 51.7 Å². The molecule has 2 heterocycles. The van der Waals surface area contributed by atoms with Crippen molar-refractivity contribution in [2.75, 3.05) is 11.4 Å². The highest BCUT2D eigenvalue weighted by molar-refractivity contribution is 7.12. The lowest BCUT2D eigenvalue weighted by Crippen LogP contribution is -2.35. The van der Waals surface area contributed by atoms with Crippen LogP contribution in [0.4, 0.5) is 18.9 Å². The molecule has 1 aromatic heterocycles. The molecule has 1 aliphatic heterocycles. The number of nitrogens with zero attached hydrogens (tertiary/aromatic N) is 1. The van der Waals surface area contributed by atoms with Gasteiger partial charge >= 0.3 is 6.18 Å². The number of hydrogen-bond acceptors (Lipinski definition) is 2. The van der Waals surface area contributed by atoms with Gasteiger partial charge in [-0.3, -0.25) is 4.79 Å². The predicted octanol–water partition coefficient (Wildman–Crippen LogP) is 4.36. The highest BCUT2D eigenvalue weighted by Gasteiger charge is 2.32. The molecule has 1 aromatic carbocycles. The molecule has 2 aromatic rings. The number of aryl methyl sites for hydroxylation is 1. The zero-order valence-electron chi connectivity index (χ0n) is 11.0. The van der Waals surface area contributed by atoms with Crippen LogP contribution in [-0.2, 0) is 12.6 Å². The molecule has 6 heteroatoms. The van der Waals surface area contributed by atoms with Gasteiger partial charge in [0.1, 0.15) is 0 Å². The third-order valence-corrected chi connectivity index (χ3v) is 4.36. The molecule has 0 radical (unpaired) electrons. The second-order valence-electron chi connectivity index (χ2n) is 4.88. The van der Waals surface area contributed by atoms with Crippen LogP contribution in [0.2, 0.25) is 0 Å². The Balaban J connectivity index is 1.97. The van der Waals surface area contributed by atoms with Crippen LogP contribution in [0.25, 0.3) is 0 Å². The molecular weight excluding hydrogens is 299 g/mol. The van der Waals surface area contributed by atoms with Gasteiger partial charge in [0.05, 0.1) is 10.4 Å². The van der Waals surface area contributed by atoms with E-state index in [4.69, 9.17) is 0 Å². The van der Waals surface area contributed by atoms with Crippen LogP contribution in [0.3, 0.4) is 0 Å². The number of carbonyl (C=O) groups is 1. The van der Waals surface area contributed by atoms with E-state index in [1.54, 1.807) is 17.0 Å². The molecule has 0 saturated heterocycles. The zero-order valence-corrected chi connectivity index (χ0v) is 11.8. The fraction of sp³-hybridized carbons (Fsp3) is 0.267. The molecule has 1 amide bonds. The van der Waals surface area contributed by atoms with E-state index >= 15 is 0 Å². The number of anilines is 1. The SMILES string of the molecule is O=C(c1cccs1)N1CCCc2cc(C(F)(F)F)ccc21. The summed E-state index contributed by atoms with van der Waals surface area (Å²) in [5, 5.41) is 1.81. The largest absolute Gasteiger partial charge is 0.416 e. The van der Waals surface area contributed by atoms with Gasteiger partial charge in [-0.15, -0.1) is 11.3 Å². The Morgan fingerprint density at radius 1 is 1.24 bits per heavy atom. The lowest BCUT2D eigenvalue weighted by atomic mass is 9.99. The Labute approximate surface area is 123 Å². The van der Waals surface area contributed by atoms with Gasteiger partial charge in [-0.2, -0.15) is 13.2 Å². The Kier molecular flexibility index (Phi) is 3.49. The van der Waals surface area contributed by atoms with E-state index in [0.29, 0.717) is 35.5 Å². The van der Waals surface area contributed by atoms with E-state index in [2.05, 4.69) is 0 Å². The molecule has 2 nitrogen and oxygen atoms in total. The van der Waals surface area contributed by atoms with Gasteiger partial charge in [-0.25, -0.2) is 0 Å². The van der Waals surface area contributed by atoms with E-state index in [0.717, 1.165) is 12.1 Å². The molecule has 0 unspecified atom stereocenters. The van der Waals surface area contributed by atoms with Gasteiger partial charge in [0, 0.05) is 12.2 Å². The lowest BCUT2D eigenvalue weighted by Gasteiger charge is -2.29. The van der Waals surface area contributed by atoms with Crippen molar-refractivity contribution in [3.8, 4) is 0 Å². The molecule has 0 atom stereocenters. The Morgan fingerprint density at radius 2 is 2.05 bits per heavy atom. The topological polar surface area (TPSA) is 20.3 Å². The molecule has 1 aliphatic rings. The van der Waals surface area contributed by atoms with Crippen LogP contribution >= 0.6 is 11.3 Å². The van der Waals surface area contributed by atoms with Crippen molar-refractivity contribution in [3.63, 3.8) is 0 Å². The van der Waals surface area contributed by atoms with E-state index in [-0.39, 0.29) is 5.91 Å². The van der Waals surface area contributed by atoms with Crippen LogP contribution < -0.4 is 4.90 Å². The molecule has 0 bridgehead atoms. The summed E-state index contributed by atoms with van der Waals surface area (Å²) in [4.78, 5) is 14.6. The summed E-state index contributed by atoms with van der Waals surface area (Å²) in [6, 6.07) is 7.12. The van der Waals surface area contributed by atoms with E-state index in [9.17, 15) is 18.0 Å². The van der Waals surface area contributed by atoms with Gasteiger partial charge in [-0.1, -0.05) is 6.07 Å². The van der Waals surface area contributed by atoms with Crippen molar-refractivity contribution >= 4 is 22.9 Å². The first kappa shape index (κ1) is 14.1. The van der Waals surface area contributed by atoms with Crippen LogP contribution in [0.5, 0.6) is 0 Å². The van der Waals surface area contributed by atoms with Crippen molar-refractivity contribution in [2.24, 2.45) is 0 Å². The van der Waals surface area contributed by atoms with Crippen molar-refractivity contribution in [1.82, 2.24) is 0 Å².